The highest BCUT2D eigenvalue weighted by atomic mass is 16.4. The Labute approximate surface area is 170 Å². The van der Waals surface area contributed by atoms with Crippen LogP contribution in [0, 0.1) is 5.41 Å². The Morgan fingerprint density at radius 1 is 1.21 bits per heavy atom. The van der Waals surface area contributed by atoms with E-state index in [1.165, 1.54) is 6.33 Å². The Balaban J connectivity index is 1.58. The fraction of sp³-hybridized carbons (Fsp3) is 0.524. The summed E-state index contributed by atoms with van der Waals surface area (Å²) in [7, 11) is 0. The summed E-state index contributed by atoms with van der Waals surface area (Å²) in [5.41, 5.74) is -0.173. The Bertz CT molecular complexity index is 796. The van der Waals surface area contributed by atoms with Crippen molar-refractivity contribution in [1.82, 2.24) is 19.7 Å². The zero-order valence-corrected chi connectivity index (χ0v) is 16.5. The minimum absolute atomic E-state index is 0.0560. The first-order chi connectivity index (χ1) is 14.0. The van der Waals surface area contributed by atoms with Crippen LogP contribution in [0.15, 0.2) is 43.0 Å². The van der Waals surface area contributed by atoms with Gasteiger partial charge < -0.3 is 15.1 Å². The largest absolute Gasteiger partial charge is 0.481 e. The van der Waals surface area contributed by atoms with E-state index in [1.54, 1.807) is 15.9 Å². The van der Waals surface area contributed by atoms with E-state index >= 15 is 0 Å². The fourth-order valence-electron chi connectivity index (χ4n) is 4.01. The number of hydrogen-bond donors (Lipinski definition) is 2. The lowest BCUT2D eigenvalue weighted by Gasteiger charge is -2.43. The van der Waals surface area contributed by atoms with Gasteiger partial charge in [-0.1, -0.05) is 30.3 Å². The number of amides is 1. The van der Waals surface area contributed by atoms with Gasteiger partial charge in [-0.25, -0.2) is 4.98 Å². The van der Waals surface area contributed by atoms with Gasteiger partial charge in [0.2, 0.25) is 5.91 Å². The van der Waals surface area contributed by atoms with E-state index in [4.69, 9.17) is 0 Å². The average Bonchev–Trinajstić information content (AvgIpc) is 3.23. The third-order valence-corrected chi connectivity index (χ3v) is 5.74. The molecule has 0 radical (unpaired) electrons. The molecule has 1 amide bonds. The van der Waals surface area contributed by atoms with E-state index in [0.717, 1.165) is 12.0 Å². The number of hydrogen-bond acceptors (Lipinski definition) is 5. The highest BCUT2D eigenvalue weighted by molar-refractivity contribution is 5.80. The predicted octanol–water partition coefficient (Wildman–Crippen LogP) is 1.75. The van der Waals surface area contributed by atoms with E-state index < -0.39 is 17.5 Å². The minimum Gasteiger partial charge on any atom is -0.481 e. The second kappa shape index (κ2) is 9.65. The lowest BCUT2D eigenvalue weighted by molar-refractivity contribution is -0.167. The van der Waals surface area contributed by atoms with Gasteiger partial charge >= 0.3 is 5.97 Å². The van der Waals surface area contributed by atoms with Crippen LogP contribution in [0.2, 0.25) is 0 Å². The van der Waals surface area contributed by atoms with Crippen molar-refractivity contribution < 1.29 is 19.8 Å². The third kappa shape index (κ3) is 5.20. The first-order valence-electron chi connectivity index (χ1n) is 10.1. The molecule has 2 atom stereocenters. The first-order valence-corrected chi connectivity index (χ1v) is 10.1. The van der Waals surface area contributed by atoms with Crippen LogP contribution >= 0.6 is 0 Å². The van der Waals surface area contributed by atoms with E-state index in [0.29, 0.717) is 38.8 Å². The molecule has 1 aliphatic heterocycles. The molecule has 8 nitrogen and oxygen atoms in total. The lowest BCUT2D eigenvalue weighted by atomic mass is 9.73. The number of carbonyl (C=O) groups excluding carboxylic acids is 1. The number of likely N-dealkylation sites (tertiary alicyclic amines) is 1. The molecule has 0 unspecified atom stereocenters. The molecule has 0 bridgehead atoms. The molecule has 1 fully saturated rings. The molecular formula is C21H28N4O4. The number of carbonyl (C=O) groups is 2. The molecule has 0 aliphatic carbocycles. The summed E-state index contributed by atoms with van der Waals surface area (Å²) in [5.74, 6) is -1.11. The number of rotatable bonds is 9. The van der Waals surface area contributed by atoms with Crippen molar-refractivity contribution in [3.63, 3.8) is 0 Å². The Kier molecular flexibility index (Phi) is 6.98. The molecule has 156 valence electrons. The first kappa shape index (κ1) is 21.0. The van der Waals surface area contributed by atoms with Crippen LogP contribution in [-0.2, 0) is 22.6 Å². The van der Waals surface area contributed by atoms with E-state index in [2.05, 4.69) is 10.1 Å². The fourth-order valence-corrected chi connectivity index (χ4v) is 4.01. The zero-order valence-electron chi connectivity index (χ0n) is 16.5. The van der Waals surface area contributed by atoms with Gasteiger partial charge in [0.25, 0.3) is 0 Å². The maximum atomic E-state index is 12.6. The minimum atomic E-state index is -1.31. The molecule has 2 N–H and O–H groups in total. The van der Waals surface area contributed by atoms with Gasteiger partial charge in [0.15, 0.2) is 0 Å². The van der Waals surface area contributed by atoms with Gasteiger partial charge in [0.1, 0.15) is 18.1 Å². The molecule has 2 heterocycles. The smallest absolute Gasteiger partial charge is 0.314 e. The number of aliphatic hydroxyl groups excluding tert-OH is 1. The molecule has 1 aliphatic rings. The Hall–Kier alpha value is -2.74. The maximum Gasteiger partial charge on any atom is 0.314 e. The van der Waals surface area contributed by atoms with E-state index in [-0.39, 0.29) is 18.9 Å². The topological polar surface area (TPSA) is 109 Å². The third-order valence-electron chi connectivity index (χ3n) is 5.74. The summed E-state index contributed by atoms with van der Waals surface area (Å²) >= 11 is 0. The molecule has 0 spiro atoms. The molecule has 2 aromatic rings. The quantitative estimate of drug-likeness (QED) is 0.664. The van der Waals surface area contributed by atoms with Crippen molar-refractivity contribution in [2.75, 3.05) is 13.1 Å². The molecule has 1 aromatic carbocycles. The summed E-state index contributed by atoms with van der Waals surface area (Å²) in [6, 6.07) is 9.87. The monoisotopic (exact) mass is 400 g/mol. The van der Waals surface area contributed by atoms with Crippen molar-refractivity contribution in [2.45, 2.75) is 51.2 Å². The van der Waals surface area contributed by atoms with Crippen LogP contribution < -0.4 is 0 Å². The van der Waals surface area contributed by atoms with Gasteiger partial charge in [0.05, 0.1) is 6.10 Å². The number of aliphatic carboxylic acids is 1. The molecule has 8 heteroatoms. The highest BCUT2D eigenvalue weighted by Crippen LogP contribution is 2.36. The van der Waals surface area contributed by atoms with Crippen molar-refractivity contribution in [3.8, 4) is 0 Å². The van der Waals surface area contributed by atoms with E-state index in [1.807, 2.05) is 30.3 Å². The summed E-state index contributed by atoms with van der Waals surface area (Å²) in [5, 5.41) is 24.5. The summed E-state index contributed by atoms with van der Waals surface area (Å²) in [6.45, 7) is 1.03. The number of piperidine rings is 1. The zero-order chi connectivity index (χ0) is 20.7. The predicted molar refractivity (Wildman–Crippen MR) is 106 cm³/mol. The number of benzene rings is 1. The van der Waals surface area contributed by atoms with Crippen LogP contribution in [-0.4, -0.2) is 60.9 Å². The lowest BCUT2D eigenvalue weighted by Crippen LogP contribution is -2.57. The van der Waals surface area contributed by atoms with Crippen LogP contribution in [0.5, 0.6) is 0 Å². The van der Waals surface area contributed by atoms with Crippen molar-refractivity contribution in [1.29, 1.82) is 0 Å². The standard InChI is InChI=1S/C21H28N4O4/c26-18-10-13-24(19(27)9-5-12-25-16-22-15-23-25)14-21(18,20(28)29)11-4-8-17-6-2-1-3-7-17/h1-3,6-7,15-16,18,26H,4-5,8-14H2,(H,28,29)/t18-,21-/m1/s1. The number of nitrogens with zero attached hydrogens (tertiary/aromatic N) is 4. The summed E-state index contributed by atoms with van der Waals surface area (Å²) in [6.07, 6.45) is 5.03. The second-order valence-corrected chi connectivity index (χ2v) is 7.68. The van der Waals surface area contributed by atoms with Crippen molar-refractivity contribution >= 4 is 11.9 Å². The van der Waals surface area contributed by atoms with E-state index in [9.17, 15) is 19.8 Å². The van der Waals surface area contributed by atoms with Gasteiger partial charge in [0, 0.05) is 26.1 Å². The summed E-state index contributed by atoms with van der Waals surface area (Å²) in [4.78, 5) is 30.3. The highest BCUT2D eigenvalue weighted by Gasteiger charge is 2.49. The van der Waals surface area contributed by atoms with Crippen LogP contribution in [0.25, 0.3) is 0 Å². The van der Waals surface area contributed by atoms with Crippen molar-refractivity contribution in [2.24, 2.45) is 5.41 Å². The average molecular weight is 400 g/mol. The normalized spacial score (nSPS) is 21.8. The maximum absolute atomic E-state index is 12.6. The SMILES string of the molecule is O=C(CCCn1cncn1)N1CC[C@@H](O)[C@](CCCc2ccccc2)(C(=O)O)C1. The Morgan fingerprint density at radius 3 is 2.69 bits per heavy atom. The van der Waals surface area contributed by atoms with Crippen LogP contribution in [0.1, 0.15) is 37.7 Å². The Morgan fingerprint density at radius 2 is 2.00 bits per heavy atom. The van der Waals surface area contributed by atoms with Gasteiger partial charge in [-0.05, 0) is 37.7 Å². The van der Waals surface area contributed by atoms with Crippen LogP contribution in [0.3, 0.4) is 0 Å². The summed E-state index contributed by atoms with van der Waals surface area (Å²) < 4.78 is 1.67. The number of carboxylic acid groups (broad SMARTS) is 1. The van der Waals surface area contributed by atoms with Crippen LogP contribution in [0.4, 0.5) is 0 Å². The molecule has 1 saturated heterocycles. The number of aliphatic hydroxyl groups is 1. The number of carboxylic acids is 1. The van der Waals surface area contributed by atoms with Gasteiger partial charge in [-0.3, -0.25) is 14.3 Å². The molecule has 1 aromatic heterocycles. The van der Waals surface area contributed by atoms with Gasteiger partial charge in [-0.15, -0.1) is 0 Å². The number of aryl methyl sites for hydroxylation is 2. The second-order valence-electron chi connectivity index (χ2n) is 7.68. The van der Waals surface area contributed by atoms with Crippen molar-refractivity contribution in [3.05, 3.63) is 48.5 Å². The molecule has 29 heavy (non-hydrogen) atoms. The molecular weight excluding hydrogens is 372 g/mol. The molecule has 0 saturated carbocycles. The van der Waals surface area contributed by atoms with Gasteiger partial charge in [-0.2, -0.15) is 5.10 Å². The molecule has 3 rings (SSSR count). The number of aromatic nitrogens is 3.